The lowest BCUT2D eigenvalue weighted by molar-refractivity contribution is 0.0935. The Kier molecular flexibility index (Phi) is 5.31. The van der Waals surface area contributed by atoms with Gasteiger partial charge >= 0.3 is 0 Å². The van der Waals surface area contributed by atoms with Crippen molar-refractivity contribution in [3.63, 3.8) is 0 Å². The van der Waals surface area contributed by atoms with E-state index in [0.717, 1.165) is 12.0 Å². The molecule has 1 aromatic heterocycles. The number of pyridine rings is 1. The zero-order valence-electron chi connectivity index (χ0n) is 11.8. The molecule has 0 fully saturated rings. The quantitative estimate of drug-likeness (QED) is 0.892. The summed E-state index contributed by atoms with van der Waals surface area (Å²) in [5, 5.41) is 3.67. The lowest BCUT2D eigenvalue weighted by Crippen LogP contribution is -2.28. The molecule has 0 aliphatic carbocycles. The van der Waals surface area contributed by atoms with E-state index in [4.69, 9.17) is 17.3 Å². The van der Waals surface area contributed by atoms with Crippen LogP contribution in [0.5, 0.6) is 0 Å². The third kappa shape index (κ3) is 4.03. The number of hydrogen-bond acceptors (Lipinski definition) is 3. The fraction of sp³-hybridized carbons (Fsp3) is 0.250. The van der Waals surface area contributed by atoms with Gasteiger partial charge in [0.2, 0.25) is 0 Å². The molecule has 0 spiro atoms. The number of nitrogens with one attached hydrogen (secondary N) is 1. The fourth-order valence-electron chi connectivity index (χ4n) is 2.12. The van der Waals surface area contributed by atoms with Gasteiger partial charge in [0.1, 0.15) is 0 Å². The molecule has 0 saturated carbocycles. The maximum Gasteiger partial charge on any atom is 0.251 e. The van der Waals surface area contributed by atoms with Gasteiger partial charge in [0.15, 0.2) is 0 Å². The molecule has 4 nitrogen and oxygen atoms in total. The van der Waals surface area contributed by atoms with Crippen LogP contribution in [0, 0.1) is 0 Å². The number of halogens is 1. The summed E-state index contributed by atoms with van der Waals surface area (Å²) in [7, 11) is 0. The highest BCUT2D eigenvalue weighted by molar-refractivity contribution is 6.30. The van der Waals surface area contributed by atoms with E-state index in [2.05, 4.69) is 10.3 Å². The van der Waals surface area contributed by atoms with Crippen molar-refractivity contribution in [1.82, 2.24) is 10.3 Å². The van der Waals surface area contributed by atoms with Gasteiger partial charge in [-0.2, -0.15) is 0 Å². The summed E-state index contributed by atoms with van der Waals surface area (Å²) in [6.45, 7) is 2.33. The molecule has 5 heteroatoms. The standard InChI is InChI=1S/C16H18ClN3O/c1-2-15(11-4-3-5-13(17)8-11)20-16(21)12-6-7-19-14(9-12)10-18/h3-9,15H,2,10,18H2,1H3,(H,20,21). The minimum atomic E-state index is -0.140. The number of amides is 1. The van der Waals surface area contributed by atoms with Crippen molar-refractivity contribution in [3.8, 4) is 0 Å². The van der Waals surface area contributed by atoms with Gasteiger partial charge in [0.05, 0.1) is 11.7 Å². The summed E-state index contributed by atoms with van der Waals surface area (Å²) in [4.78, 5) is 16.4. The molecule has 3 N–H and O–H groups in total. The number of carbonyl (C=O) groups is 1. The Morgan fingerprint density at radius 2 is 2.19 bits per heavy atom. The van der Waals surface area contributed by atoms with Crippen molar-refractivity contribution in [2.45, 2.75) is 25.9 Å². The summed E-state index contributed by atoms with van der Waals surface area (Å²) < 4.78 is 0. The average molecular weight is 304 g/mol. The highest BCUT2D eigenvalue weighted by Crippen LogP contribution is 2.20. The second-order valence-corrected chi connectivity index (χ2v) is 5.17. The van der Waals surface area contributed by atoms with Crippen molar-refractivity contribution in [3.05, 3.63) is 64.4 Å². The first-order valence-corrected chi connectivity index (χ1v) is 7.23. The van der Waals surface area contributed by atoms with Gasteiger partial charge in [-0.1, -0.05) is 30.7 Å². The van der Waals surface area contributed by atoms with Crippen LogP contribution in [0.4, 0.5) is 0 Å². The highest BCUT2D eigenvalue weighted by atomic mass is 35.5. The largest absolute Gasteiger partial charge is 0.345 e. The molecule has 0 bridgehead atoms. The van der Waals surface area contributed by atoms with Crippen molar-refractivity contribution < 1.29 is 4.79 Å². The SMILES string of the molecule is CCC(NC(=O)c1ccnc(CN)c1)c1cccc(Cl)c1. The minimum absolute atomic E-state index is 0.0781. The van der Waals surface area contributed by atoms with Crippen LogP contribution >= 0.6 is 11.6 Å². The van der Waals surface area contributed by atoms with E-state index >= 15 is 0 Å². The molecule has 1 aromatic carbocycles. The number of aromatic nitrogens is 1. The monoisotopic (exact) mass is 303 g/mol. The summed E-state index contributed by atoms with van der Waals surface area (Å²) in [5.74, 6) is -0.140. The zero-order chi connectivity index (χ0) is 15.2. The van der Waals surface area contributed by atoms with Crippen molar-refractivity contribution >= 4 is 17.5 Å². The predicted octanol–water partition coefficient (Wildman–Crippen LogP) is 3.07. The van der Waals surface area contributed by atoms with Gasteiger partial charge in [-0.3, -0.25) is 9.78 Å². The summed E-state index contributed by atoms with van der Waals surface area (Å²) >= 11 is 6.00. The molecule has 1 amide bonds. The fourth-order valence-corrected chi connectivity index (χ4v) is 2.32. The molecule has 2 aromatic rings. The number of benzene rings is 1. The summed E-state index contributed by atoms with van der Waals surface area (Å²) in [6.07, 6.45) is 2.37. The van der Waals surface area contributed by atoms with Gasteiger partial charge < -0.3 is 11.1 Å². The second kappa shape index (κ2) is 7.20. The van der Waals surface area contributed by atoms with E-state index in [9.17, 15) is 4.79 Å². The number of nitrogens with two attached hydrogens (primary N) is 1. The predicted molar refractivity (Wildman–Crippen MR) is 84.1 cm³/mol. The maximum absolute atomic E-state index is 12.3. The molecular weight excluding hydrogens is 286 g/mol. The molecule has 1 unspecified atom stereocenters. The summed E-state index contributed by atoms with van der Waals surface area (Å²) in [5.41, 5.74) is 7.79. The van der Waals surface area contributed by atoms with E-state index in [1.165, 1.54) is 0 Å². The summed E-state index contributed by atoms with van der Waals surface area (Å²) in [6, 6.07) is 10.8. The van der Waals surface area contributed by atoms with E-state index in [0.29, 0.717) is 22.8 Å². The minimum Gasteiger partial charge on any atom is -0.345 e. The number of rotatable bonds is 5. The van der Waals surface area contributed by atoms with Crippen LogP contribution in [-0.2, 0) is 6.54 Å². The molecule has 0 aliphatic rings. The first kappa shape index (κ1) is 15.5. The maximum atomic E-state index is 12.3. The molecule has 0 radical (unpaired) electrons. The lowest BCUT2D eigenvalue weighted by atomic mass is 10.0. The molecule has 21 heavy (non-hydrogen) atoms. The van der Waals surface area contributed by atoms with E-state index in [1.807, 2.05) is 31.2 Å². The van der Waals surface area contributed by atoms with E-state index in [1.54, 1.807) is 18.3 Å². The molecule has 2 rings (SSSR count). The van der Waals surface area contributed by atoms with Gasteiger partial charge in [-0.25, -0.2) is 0 Å². The normalized spacial score (nSPS) is 12.0. The van der Waals surface area contributed by atoms with Crippen LogP contribution in [0.1, 0.15) is 41.0 Å². The zero-order valence-corrected chi connectivity index (χ0v) is 12.6. The van der Waals surface area contributed by atoms with Crippen LogP contribution in [0.3, 0.4) is 0 Å². The third-order valence-electron chi connectivity index (χ3n) is 3.25. The average Bonchev–Trinajstić information content (AvgIpc) is 2.52. The first-order chi connectivity index (χ1) is 10.1. The van der Waals surface area contributed by atoms with Gasteiger partial charge in [-0.15, -0.1) is 0 Å². The molecule has 1 atom stereocenters. The number of carbonyl (C=O) groups excluding carboxylic acids is 1. The molecule has 0 aliphatic heterocycles. The smallest absolute Gasteiger partial charge is 0.251 e. The van der Waals surface area contributed by atoms with Gasteiger partial charge in [0, 0.05) is 23.3 Å². The Bertz CT molecular complexity index is 630. The highest BCUT2D eigenvalue weighted by Gasteiger charge is 2.14. The van der Waals surface area contributed by atoms with Crippen LogP contribution < -0.4 is 11.1 Å². The van der Waals surface area contributed by atoms with E-state index in [-0.39, 0.29) is 11.9 Å². The lowest BCUT2D eigenvalue weighted by Gasteiger charge is -2.18. The van der Waals surface area contributed by atoms with E-state index < -0.39 is 0 Å². The van der Waals surface area contributed by atoms with Crippen molar-refractivity contribution in [2.75, 3.05) is 0 Å². The van der Waals surface area contributed by atoms with Gasteiger partial charge in [0.25, 0.3) is 5.91 Å². The Morgan fingerprint density at radius 1 is 1.38 bits per heavy atom. The van der Waals surface area contributed by atoms with Crippen LogP contribution in [-0.4, -0.2) is 10.9 Å². The first-order valence-electron chi connectivity index (χ1n) is 6.85. The molecule has 1 heterocycles. The van der Waals surface area contributed by atoms with Crippen molar-refractivity contribution in [2.24, 2.45) is 5.73 Å². The van der Waals surface area contributed by atoms with Crippen LogP contribution in [0.15, 0.2) is 42.6 Å². The topological polar surface area (TPSA) is 68.0 Å². The third-order valence-corrected chi connectivity index (χ3v) is 3.49. The number of hydrogen-bond donors (Lipinski definition) is 2. The van der Waals surface area contributed by atoms with Crippen LogP contribution in [0.2, 0.25) is 5.02 Å². The molecule has 0 saturated heterocycles. The van der Waals surface area contributed by atoms with Crippen LogP contribution in [0.25, 0.3) is 0 Å². The molecule has 110 valence electrons. The Morgan fingerprint density at radius 3 is 2.86 bits per heavy atom. The Labute approximate surface area is 129 Å². The van der Waals surface area contributed by atoms with Gasteiger partial charge in [-0.05, 0) is 36.2 Å². The Hall–Kier alpha value is -1.91. The number of nitrogens with zero attached hydrogens (tertiary/aromatic N) is 1. The molecular formula is C16H18ClN3O. The second-order valence-electron chi connectivity index (χ2n) is 4.73. The van der Waals surface area contributed by atoms with Crippen molar-refractivity contribution in [1.29, 1.82) is 0 Å². The Balaban J connectivity index is 2.16.